The molecule has 0 radical (unpaired) electrons. The first kappa shape index (κ1) is 14.5. The Morgan fingerprint density at radius 3 is 2.80 bits per heavy atom. The zero-order valence-corrected chi connectivity index (χ0v) is 12.3. The average molecular weight is 271 g/mol. The summed E-state index contributed by atoms with van der Waals surface area (Å²) >= 11 is 0. The van der Waals surface area contributed by atoms with Crippen molar-refractivity contribution in [3.8, 4) is 11.6 Å². The molecule has 0 bridgehead atoms. The van der Waals surface area contributed by atoms with E-state index in [1.165, 1.54) is 0 Å². The van der Waals surface area contributed by atoms with E-state index in [4.69, 9.17) is 4.74 Å². The summed E-state index contributed by atoms with van der Waals surface area (Å²) in [5.41, 5.74) is 1.84. The third-order valence-corrected chi connectivity index (χ3v) is 2.81. The second-order valence-corrected chi connectivity index (χ2v) is 5.18. The SMILES string of the molecule is Cc1ncccc1Oc1cccc(CNCC(C)C)n1. The maximum absolute atomic E-state index is 5.78. The van der Waals surface area contributed by atoms with Gasteiger partial charge < -0.3 is 10.1 Å². The molecule has 0 fully saturated rings. The molecule has 2 heterocycles. The standard InChI is InChI=1S/C16H21N3O/c1-12(2)10-17-11-14-6-4-8-16(19-14)20-15-7-5-9-18-13(15)3/h4-9,12,17H,10-11H2,1-3H3. The van der Waals surface area contributed by atoms with E-state index < -0.39 is 0 Å². The normalized spacial score (nSPS) is 10.8. The Morgan fingerprint density at radius 2 is 2.05 bits per heavy atom. The molecule has 4 heteroatoms. The van der Waals surface area contributed by atoms with E-state index in [0.717, 1.165) is 30.2 Å². The van der Waals surface area contributed by atoms with Crippen LogP contribution in [0.2, 0.25) is 0 Å². The summed E-state index contributed by atoms with van der Waals surface area (Å²) < 4.78 is 5.78. The van der Waals surface area contributed by atoms with Gasteiger partial charge in [-0.05, 0) is 37.6 Å². The lowest BCUT2D eigenvalue weighted by molar-refractivity contribution is 0.452. The van der Waals surface area contributed by atoms with Crippen LogP contribution in [0.15, 0.2) is 36.5 Å². The van der Waals surface area contributed by atoms with Gasteiger partial charge in [-0.25, -0.2) is 4.98 Å². The van der Waals surface area contributed by atoms with Gasteiger partial charge in [0.1, 0.15) is 0 Å². The Labute approximate surface area is 120 Å². The molecule has 4 nitrogen and oxygen atoms in total. The minimum atomic E-state index is 0.602. The largest absolute Gasteiger partial charge is 0.437 e. The van der Waals surface area contributed by atoms with Crippen molar-refractivity contribution in [2.75, 3.05) is 6.54 Å². The van der Waals surface area contributed by atoms with Crippen molar-refractivity contribution >= 4 is 0 Å². The molecule has 2 aromatic rings. The molecular formula is C16H21N3O. The number of rotatable bonds is 6. The van der Waals surface area contributed by atoms with E-state index in [-0.39, 0.29) is 0 Å². The van der Waals surface area contributed by atoms with Crippen LogP contribution in [0.5, 0.6) is 11.6 Å². The van der Waals surface area contributed by atoms with Crippen molar-refractivity contribution in [2.24, 2.45) is 5.92 Å². The fourth-order valence-corrected chi connectivity index (χ4v) is 1.79. The Morgan fingerprint density at radius 1 is 1.20 bits per heavy atom. The van der Waals surface area contributed by atoms with Gasteiger partial charge >= 0.3 is 0 Å². The van der Waals surface area contributed by atoms with Gasteiger partial charge in [0, 0.05) is 18.8 Å². The summed E-state index contributed by atoms with van der Waals surface area (Å²) in [6.07, 6.45) is 1.75. The number of aryl methyl sites for hydroxylation is 1. The van der Waals surface area contributed by atoms with E-state index >= 15 is 0 Å². The highest BCUT2D eigenvalue weighted by atomic mass is 16.5. The highest BCUT2D eigenvalue weighted by Crippen LogP contribution is 2.21. The molecule has 0 aliphatic rings. The molecule has 0 saturated heterocycles. The van der Waals surface area contributed by atoms with Gasteiger partial charge in [0.25, 0.3) is 0 Å². The quantitative estimate of drug-likeness (QED) is 0.875. The van der Waals surface area contributed by atoms with Gasteiger partial charge in [0.2, 0.25) is 5.88 Å². The number of nitrogens with zero attached hydrogens (tertiary/aromatic N) is 2. The first-order chi connectivity index (χ1) is 9.65. The van der Waals surface area contributed by atoms with Gasteiger partial charge in [-0.2, -0.15) is 0 Å². The molecule has 0 aliphatic heterocycles. The molecule has 0 saturated carbocycles. The van der Waals surface area contributed by atoms with E-state index in [9.17, 15) is 0 Å². The van der Waals surface area contributed by atoms with Crippen molar-refractivity contribution in [2.45, 2.75) is 27.3 Å². The van der Waals surface area contributed by atoms with Crippen molar-refractivity contribution in [1.29, 1.82) is 0 Å². The molecule has 0 spiro atoms. The smallest absolute Gasteiger partial charge is 0.219 e. The maximum Gasteiger partial charge on any atom is 0.219 e. The third-order valence-electron chi connectivity index (χ3n) is 2.81. The van der Waals surface area contributed by atoms with E-state index in [1.807, 2.05) is 37.3 Å². The van der Waals surface area contributed by atoms with Crippen molar-refractivity contribution in [1.82, 2.24) is 15.3 Å². The highest BCUT2D eigenvalue weighted by molar-refractivity contribution is 5.30. The van der Waals surface area contributed by atoms with Crippen LogP contribution in [0, 0.1) is 12.8 Å². The van der Waals surface area contributed by atoms with Crippen molar-refractivity contribution in [3.05, 3.63) is 47.9 Å². The van der Waals surface area contributed by atoms with Crippen LogP contribution >= 0.6 is 0 Å². The minimum absolute atomic E-state index is 0.602. The predicted molar refractivity (Wildman–Crippen MR) is 79.8 cm³/mol. The fraction of sp³-hybridized carbons (Fsp3) is 0.375. The lowest BCUT2D eigenvalue weighted by atomic mass is 10.2. The minimum Gasteiger partial charge on any atom is -0.437 e. The van der Waals surface area contributed by atoms with Crippen LogP contribution in [-0.2, 0) is 6.54 Å². The third kappa shape index (κ3) is 4.31. The zero-order chi connectivity index (χ0) is 14.4. The van der Waals surface area contributed by atoms with Crippen molar-refractivity contribution < 1.29 is 4.74 Å². The van der Waals surface area contributed by atoms with Gasteiger partial charge in [-0.15, -0.1) is 0 Å². The van der Waals surface area contributed by atoms with Crippen LogP contribution in [-0.4, -0.2) is 16.5 Å². The Kier molecular flexibility index (Phi) is 5.07. The molecule has 0 aliphatic carbocycles. The van der Waals surface area contributed by atoms with Crippen LogP contribution in [0.4, 0.5) is 0 Å². The number of nitrogens with one attached hydrogen (secondary N) is 1. The second-order valence-electron chi connectivity index (χ2n) is 5.18. The lowest BCUT2D eigenvalue weighted by Crippen LogP contribution is -2.19. The summed E-state index contributed by atoms with van der Waals surface area (Å²) in [6, 6.07) is 9.57. The monoisotopic (exact) mass is 271 g/mol. The van der Waals surface area contributed by atoms with Gasteiger partial charge in [0.15, 0.2) is 5.75 Å². The number of hydrogen-bond donors (Lipinski definition) is 1. The summed E-state index contributed by atoms with van der Waals surface area (Å²) in [6.45, 7) is 8.02. The van der Waals surface area contributed by atoms with E-state index in [1.54, 1.807) is 6.20 Å². The fourth-order valence-electron chi connectivity index (χ4n) is 1.79. The first-order valence-electron chi connectivity index (χ1n) is 6.91. The maximum atomic E-state index is 5.78. The summed E-state index contributed by atoms with van der Waals surface area (Å²) in [7, 11) is 0. The Balaban J connectivity index is 2.01. The number of pyridine rings is 2. The van der Waals surface area contributed by atoms with Gasteiger partial charge in [-0.1, -0.05) is 19.9 Å². The molecule has 0 amide bonds. The average Bonchev–Trinajstić information content (AvgIpc) is 2.41. The molecule has 1 N–H and O–H groups in total. The predicted octanol–water partition coefficient (Wildman–Crippen LogP) is 3.32. The first-order valence-corrected chi connectivity index (χ1v) is 6.91. The second kappa shape index (κ2) is 7.01. The molecule has 0 atom stereocenters. The van der Waals surface area contributed by atoms with E-state index in [0.29, 0.717) is 11.8 Å². The summed E-state index contributed by atoms with van der Waals surface area (Å²) in [5.74, 6) is 1.98. The highest BCUT2D eigenvalue weighted by Gasteiger charge is 2.04. The molecule has 2 aromatic heterocycles. The number of hydrogen-bond acceptors (Lipinski definition) is 4. The van der Waals surface area contributed by atoms with Crippen molar-refractivity contribution in [3.63, 3.8) is 0 Å². The van der Waals surface area contributed by atoms with Crippen LogP contribution in [0.1, 0.15) is 25.2 Å². The zero-order valence-electron chi connectivity index (χ0n) is 12.3. The Hall–Kier alpha value is -1.94. The summed E-state index contributed by atoms with van der Waals surface area (Å²) in [4.78, 5) is 8.70. The molecule has 2 rings (SSSR count). The lowest BCUT2D eigenvalue weighted by Gasteiger charge is -2.09. The molecule has 20 heavy (non-hydrogen) atoms. The van der Waals surface area contributed by atoms with Gasteiger partial charge in [-0.3, -0.25) is 4.98 Å². The van der Waals surface area contributed by atoms with E-state index in [2.05, 4.69) is 29.1 Å². The van der Waals surface area contributed by atoms with Crippen LogP contribution in [0.25, 0.3) is 0 Å². The number of aromatic nitrogens is 2. The van der Waals surface area contributed by atoms with Crippen LogP contribution < -0.4 is 10.1 Å². The number of ether oxygens (including phenoxy) is 1. The van der Waals surface area contributed by atoms with Gasteiger partial charge in [0.05, 0.1) is 11.4 Å². The molecule has 0 unspecified atom stereocenters. The molecular weight excluding hydrogens is 250 g/mol. The Bertz CT molecular complexity index is 555. The topological polar surface area (TPSA) is 47.0 Å². The summed E-state index contributed by atoms with van der Waals surface area (Å²) in [5, 5.41) is 3.37. The molecule has 0 aromatic carbocycles. The van der Waals surface area contributed by atoms with Crippen LogP contribution in [0.3, 0.4) is 0 Å². The molecule has 106 valence electrons.